The summed E-state index contributed by atoms with van der Waals surface area (Å²) in [4.78, 5) is 12.6. The highest BCUT2D eigenvalue weighted by Gasteiger charge is 2.23. The maximum absolute atomic E-state index is 11.9. The molecule has 0 bridgehead atoms. The van der Waals surface area contributed by atoms with Crippen LogP contribution in [-0.4, -0.2) is 33.7 Å². The number of rotatable bonds is 3. The molecule has 0 atom stereocenters. The molecule has 2 N–H and O–H groups in total. The Morgan fingerprint density at radius 2 is 2.11 bits per heavy atom. The van der Waals surface area contributed by atoms with E-state index >= 15 is 0 Å². The second-order valence-corrected chi connectivity index (χ2v) is 7.08. The van der Waals surface area contributed by atoms with Crippen LogP contribution in [0.4, 0.5) is 0 Å². The summed E-state index contributed by atoms with van der Waals surface area (Å²) in [7, 11) is -3.80. The second kappa shape index (κ2) is 5.58. The summed E-state index contributed by atoms with van der Waals surface area (Å²) in [6, 6.07) is 1.27. The van der Waals surface area contributed by atoms with Gasteiger partial charge in [0.05, 0.1) is 18.1 Å². The molecular formula is C11H15NO5S2. The van der Waals surface area contributed by atoms with Gasteiger partial charge >= 0.3 is 5.97 Å². The van der Waals surface area contributed by atoms with Crippen molar-refractivity contribution in [1.82, 2.24) is 0 Å². The number of sulfonamides is 1. The lowest BCUT2D eigenvalue weighted by atomic mass is 10.1. The highest BCUT2D eigenvalue weighted by Crippen LogP contribution is 2.26. The van der Waals surface area contributed by atoms with Crippen LogP contribution in [0, 0.1) is 6.92 Å². The Morgan fingerprint density at radius 1 is 1.47 bits per heavy atom. The molecule has 8 heteroatoms. The number of ether oxygens (including phenoxy) is 2. The highest BCUT2D eigenvalue weighted by molar-refractivity contribution is 7.89. The molecule has 0 unspecified atom stereocenters. The number of carbonyl (C=O) groups is 1. The molecule has 1 aromatic rings. The van der Waals surface area contributed by atoms with Gasteiger partial charge in [-0.3, -0.25) is 0 Å². The molecule has 6 nitrogen and oxygen atoms in total. The zero-order chi connectivity index (χ0) is 14.0. The first kappa shape index (κ1) is 14.4. The molecule has 0 spiro atoms. The molecule has 106 valence electrons. The first-order valence-corrected chi connectivity index (χ1v) is 8.16. The van der Waals surface area contributed by atoms with Crippen molar-refractivity contribution in [2.45, 2.75) is 30.8 Å². The van der Waals surface area contributed by atoms with E-state index in [1.165, 1.54) is 6.07 Å². The van der Waals surface area contributed by atoms with Crippen molar-refractivity contribution in [3.63, 3.8) is 0 Å². The average molecular weight is 305 g/mol. The summed E-state index contributed by atoms with van der Waals surface area (Å²) < 4.78 is 33.1. The van der Waals surface area contributed by atoms with Crippen molar-refractivity contribution in [3.8, 4) is 0 Å². The van der Waals surface area contributed by atoms with E-state index in [4.69, 9.17) is 14.6 Å². The summed E-state index contributed by atoms with van der Waals surface area (Å²) in [5.74, 6) is -0.505. The van der Waals surface area contributed by atoms with E-state index in [9.17, 15) is 13.2 Å². The van der Waals surface area contributed by atoms with Crippen molar-refractivity contribution in [1.29, 1.82) is 0 Å². The molecule has 1 aliphatic heterocycles. The van der Waals surface area contributed by atoms with Crippen molar-refractivity contribution in [2.75, 3.05) is 13.2 Å². The Balaban J connectivity index is 2.11. The van der Waals surface area contributed by atoms with Crippen LogP contribution in [0.2, 0.25) is 0 Å². The fraction of sp³-hybridized carbons (Fsp3) is 0.545. The minimum Gasteiger partial charge on any atom is -0.458 e. The number of aryl methyl sites for hydroxylation is 1. The SMILES string of the molecule is Cc1sc(C(=O)OC2CCOCC2)cc1S(N)(=O)=O. The van der Waals surface area contributed by atoms with Crippen molar-refractivity contribution < 1.29 is 22.7 Å². The van der Waals surface area contributed by atoms with Gasteiger partial charge in [-0.25, -0.2) is 18.4 Å². The lowest BCUT2D eigenvalue weighted by Crippen LogP contribution is -2.25. The van der Waals surface area contributed by atoms with E-state index in [-0.39, 0.29) is 15.9 Å². The fourth-order valence-electron chi connectivity index (χ4n) is 1.85. The fourth-order valence-corrected chi connectivity index (χ4v) is 3.88. The molecule has 1 saturated heterocycles. The van der Waals surface area contributed by atoms with Gasteiger partial charge in [-0.15, -0.1) is 11.3 Å². The van der Waals surface area contributed by atoms with Crippen LogP contribution < -0.4 is 5.14 Å². The van der Waals surface area contributed by atoms with Crippen LogP contribution in [0.15, 0.2) is 11.0 Å². The normalized spacial score (nSPS) is 17.4. The standard InChI is InChI=1S/C11H15NO5S2/c1-7-10(19(12,14)15)6-9(18-7)11(13)17-8-2-4-16-5-3-8/h6,8H,2-5H2,1H3,(H2,12,14,15). The van der Waals surface area contributed by atoms with Crippen LogP contribution in [0.3, 0.4) is 0 Å². The zero-order valence-electron chi connectivity index (χ0n) is 10.4. The van der Waals surface area contributed by atoms with Gasteiger partial charge in [0.15, 0.2) is 0 Å². The molecule has 2 heterocycles. The van der Waals surface area contributed by atoms with E-state index in [1.54, 1.807) is 6.92 Å². The third-order valence-corrected chi connectivity index (χ3v) is 5.02. The van der Waals surface area contributed by atoms with Crippen LogP contribution >= 0.6 is 11.3 Å². The van der Waals surface area contributed by atoms with E-state index < -0.39 is 16.0 Å². The van der Waals surface area contributed by atoms with E-state index in [0.29, 0.717) is 30.9 Å². The zero-order valence-corrected chi connectivity index (χ0v) is 12.1. The van der Waals surface area contributed by atoms with Gasteiger partial charge in [-0.05, 0) is 13.0 Å². The molecule has 0 saturated carbocycles. The number of primary sulfonamides is 1. The molecule has 0 aliphatic carbocycles. The monoisotopic (exact) mass is 305 g/mol. The number of esters is 1. The summed E-state index contributed by atoms with van der Waals surface area (Å²) in [5, 5.41) is 5.07. The van der Waals surface area contributed by atoms with Crippen molar-refractivity contribution in [2.24, 2.45) is 5.14 Å². The van der Waals surface area contributed by atoms with Crippen molar-refractivity contribution >= 4 is 27.3 Å². The average Bonchev–Trinajstić information content (AvgIpc) is 2.72. The largest absolute Gasteiger partial charge is 0.458 e. The van der Waals surface area contributed by atoms with Crippen LogP contribution in [-0.2, 0) is 19.5 Å². The maximum atomic E-state index is 11.9. The predicted octanol–water partition coefficient (Wildman–Crippen LogP) is 1.04. The number of thiophene rings is 1. The molecule has 2 rings (SSSR count). The third kappa shape index (κ3) is 3.53. The molecule has 0 aromatic carbocycles. The quantitative estimate of drug-likeness (QED) is 0.842. The lowest BCUT2D eigenvalue weighted by molar-refractivity contribution is -0.0155. The Kier molecular flexibility index (Phi) is 4.24. The number of carbonyl (C=O) groups excluding carboxylic acids is 1. The van der Waals surface area contributed by atoms with E-state index in [0.717, 1.165) is 11.3 Å². The maximum Gasteiger partial charge on any atom is 0.348 e. The van der Waals surface area contributed by atoms with Crippen molar-refractivity contribution in [3.05, 3.63) is 15.8 Å². The van der Waals surface area contributed by atoms with Crippen LogP contribution in [0.5, 0.6) is 0 Å². The summed E-state index contributed by atoms with van der Waals surface area (Å²) in [6.07, 6.45) is 1.16. The molecular weight excluding hydrogens is 290 g/mol. The first-order chi connectivity index (χ1) is 8.88. The van der Waals surface area contributed by atoms with Gasteiger partial charge in [0.2, 0.25) is 10.0 Å². The molecule has 1 aromatic heterocycles. The molecule has 0 radical (unpaired) electrons. The van der Waals surface area contributed by atoms with E-state index in [2.05, 4.69) is 0 Å². The minimum absolute atomic E-state index is 0.0172. The Labute approximate surface area is 115 Å². The summed E-state index contributed by atoms with van der Waals surface area (Å²) in [6.45, 7) is 2.75. The van der Waals surface area contributed by atoms with Crippen LogP contribution in [0.1, 0.15) is 27.4 Å². The van der Waals surface area contributed by atoms with Gasteiger partial charge in [0, 0.05) is 17.7 Å². The molecule has 1 aliphatic rings. The Hall–Kier alpha value is -0.960. The summed E-state index contributed by atoms with van der Waals surface area (Å²) >= 11 is 1.07. The van der Waals surface area contributed by atoms with E-state index in [1.807, 2.05) is 0 Å². The van der Waals surface area contributed by atoms with Crippen LogP contribution in [0.25, 0.3) is 0 Å². The topological polar surface area (TPSA) is 95.7 Å². The Morgan fingerprint density at radius 3 is 2.63 bits per heavy atom. The van der Waals surface area contributed by atoms with Gasteiger partial charge < -0.3 is 9.47 Å². The molecule has 19 heavy (non-hydrogen) atoms. The summed E-state index contributed by atoms with van der Waals surface area (Å²) in [5.41, 5.74) is 0. The lowest BCUT2D eigenvalue weighted by Gasteiger charge is -2.21. The highest BCUT2D eigenvalue weighted by atomic mass is 32.2. The van der Waals surface area contributed by atoms with Gasteiger partial charge in [-0.2, -0.15) is 0 Å². The Bertz CT molecular complexity index is 572. The van der Waals surface area contributed by atoms with Gasteiger partial charge in [0.1, 0.15) is 11.0 Å². The first-order valence-electron chi connectivity index (χ1n) is 5.80. The second-order valence-electron chi connectivity index (χ2n) is 4.29. The number of hydrogen-bond acceptors (Lipinski definition) is 6. The number of nitrogens with two attached hydrogens (primary N) is 1. The van der Waals surface area contributed by atoms with Gasteiger partial charge in [0.25, 0.3) is 0 Å². The predicted molar refractivity (Wildman–Crippen MR) is 69.7 cm³/mol. The molecule has 1 fully saturated rings. The van der Waals surface area contributed by atoms with Gasteiger partial charge in [-0.1, -0.05) is 0 Å². The smallest absolute Gasteiger partial charge is 0.348 e. The number of hydrogen-bond donors (Lipinski definition) is 1. The minimum atomic E-state index is -3.80. The third-order valence-electron chi connectivity index (χ3n) is 2.82. The molecule has 0 amide bonds.